The lowest BCUT2D eigenvalue weighted by Crippen LogP contribution is -2.19. The normalized spacial score (nSPS) is 10.7. The molecule has 0 amide bonds. The van der Waals surface area contributed by atoms with Gasteiger partial charge in [-0.2, -0.15) is 0 Å². The molecule has 0 unspecified atom stereocenters. The van der Waals surface area contributed by atoms with Crippen LogP contribution in [0.1, 0.15) is 10.4 Å². The fraction of sp³-hybridized carbons (Fsp3) is 0.0667. The van der Waals surface area contributed by atoms with E-state index in [2.05, 4.69) is 0 Å². The van der Waals surface area contributed by atoms with Crippen LogP contribution in [0.5, 0.6) is 0 Å². The highest BCUT2D eigenvalue weighted by atomic mass is 32.1. The Morgan fingerprint density at radius 2 is 1.68 bits per heavy atom. The number of Topliss-reactive ketones (excluding diaryl/α,β-unsaturated/α-hetero) is 1. The lowest BCUT2D eigenvalue weighted by Gasteiger charge is -2.03. The van der Waals surface area contributed by atoms with Crippen LogP contribution in [0.25, 0.3) is 10.2 Å². The number of fused-ring (bicyclic) bond motifs is 1. The van der Waals surface area contributed by atoms with Crippen molar-refractivity contribution in [1.29, 1.82) is 0 Å². The fourth-order valence-corrected chi connectivity index (χ4v) is 2.91. The van der Waals surface area contributed by atoms with Gasteiger partial charge in [-0.3, -0.25) is 14.2 Å². The van der Waals surface area contributed by atoms with Crippen LogP contribution in [0.4, 0.5) is 0 Å². The molecule has 4 heteroatoms. The van der Waals surface area contributed by atoms with E-state index in [4.69, 9.17) is 0 Å². The highest BCUT2D eigenvalue weighted by molar-refractivity contribution is 7.16. The van der Waals surface area contributed by atoms with Crippen LogP contribution in [0.2, 0.25) is 0 Å². The number of benzene rings is 2. The molecule has 0 atom stereocenters. The molecule has 3 aromatic rings. The van der Waals surface area contributed by atoms with Gasteiger partial charge in [-0.1, -0.05) is 53.8 Å². The summed E-state index contributed by atoms with van der Waals surface area (Å²) in [4.78, 5) is 24.0. The van der Waals surface area contributed by atoms with Gasteiger partial charge < -0.3 is 0 Å². The largest absolute Gasteiger partial charge is 0.308 e. The topological polar surface area (TPSA) is 39.1 Å². The second kappa shape index (κ2) is 4.82. The summed E-state index contributed by atoms with van der Waals surface area (Å²) in [5.74, 6) is -0.0498. The summed E-state index contributed by atoms with van der Waals surface area (Å²) in [7, 11) is 0. The summed E-state index contributed by atoms with van der Waals surface area (Å²) >= 11 is 1.17. The van der Waals surface area contributed by atoms with Gasteiger partial charge in [0, 0.05) is 5.56 Å². The molecule has 19 heavy (non-hydrogen) atoms. The summed E-state index contributed by atoms with van der Waals surface area (Å²) in [6, 6.07) is 16.6. The first kappa shape index (κ1) is 11.9. The molecule has 0 saturated carbocycles. The minimum Gasteiger partial charge on any atom is -0.292 e. The molecule has 0 aliphatic heterocycles. The number of hydrogen-bond donors (Lipinski definition) is 0. The Morgan fingerprint density at radius 3 is 2.47 bits per heavy atom. The number of para-hydroxylation sites is 1. The van der Waals surface area contributed by atoms with Gasteiger partial charge in [0.2, 0.25) is 0 Å². The number of carbonyl (C=O) groups excluding carboxylic acids is 1. The Labute approximate surface area is 113 Å². The Bertz CT molecular complexity index is 787. The van der Waals surface area contributed by atoms with Crippen molar-refractivity contribution in [2.75, 3.05) is 0 Å². The van der Waals surface area contributed by atoms with Gasteiger partial charge in [-0.15, -0.1) is 0 Å². The summed E-state index contributed by atoms with van der Waals surface area (Å²) < 4.78 is 2.45. The van der Waals surface area contributed by atoms with Crippen LogP contribution in [-0.4, -0.2) is 10.4 Å². The zero-order valence-electron chi connectivity index (χ0n) is 10.1. The second-order valence-corrected chi connectivity index (χ2v) is 5.20. The predicted molar refractivity (Wildman–Crippen MR) is 76.9 cm³/mol. The third-order valence-electron chi connectivity index (χ3n) is 2.97. The van der Waals surface area contributed by atoms with Gasteiger partial charge in [0.1, 0.15) is 0 Å². The Kier molecular flexibility index (Phi) is 3.01. The lowest BCUT2D eigenvalue weighted by molar-refractivity contribution is 0.0973. The van der Waals surface area contributed by atoms with Crippen molar-refractivity contribution < 1.29 is 4.79 Å². The van der Waals surface area contributed by atoms with E-state index < -0.39 is 0 Å². The molecule has 2 aromatic carbocycles. The van der Waals surface area contributed by atoms with Crippen molar-refractivity contribution in [3.63, 3.8) is 0 Å². The zero-order chi connectivity index (χ0) is 13.2. The number of nitrogens with zero attached hydrogens (tertiary/aromatic N) is 1. The van der Waals surface area contributed by atoms with Crippen molar-refractivity contribution in [2.45, 2.75) is 6.54 Å². The highest BCUT2D eigenvalue weighted by Gasteiger charge is 2.11. The van der Waals surface area contributed by atoms with Gasteiger partial charge >= 0.3 is 4.87 Å². The van der Waals surface area contributed by atoms with Crippen molar-refractivity contribution in [3.05, 3.63) is 69.8 Å². The van der Waals surface area contributed by atoms with Gasteiger partial charge in [-0.05, 0) is 12.1 Å². The predicted octanol–water partition coefficient (Wildman–Crippen LogP) is 2.95. The molecule has 0 N–H and O–H groups in total. The van der Waals surface area contributed by atoms with E-state index >= 15 is 0 Å². The molecule has 0 saturated heterocycles. The number of hydrogen-bond acceptors (Lipinski definition) is 3. The van der Waals surface area contributed by atoms with Crippen LogP contribution in [-0.2, 0) is 6.54 Å². The van der Waals surface area contributed by atoms with E-state index in [9.17, 15) is 9.59 Å². The molecular formula is C15H11NO2S. The third-order valence-corrected chi connectivity index (χ3v) is 3.93. The second-order valence-electron chi connectivity index (χ2n) is 4.21. The SMILES string of the molecule is O=C(Cn1c(=O)sc2ccccc21)c1ccccc1. The Balaban J connectivity index is 2.00. The molecule has 0 aliphatic rings. The highest BCUT2D eigenvalue weighted by Crippen LogP contribution is 2.16. The lowest BCUT2D eigenvalue weighted by atomic mass is 10.1. The summed E-state index contributed by atoms with van der Waals surface area (Å²) in [5, 5.41) is 0. The molecule has 0 fully saturated rings. The Morgan fingerprint density at radius 1 is 1.00 bits per heavy atom. The van der Waals surface area contributed by atoms with E-state index in [1.165, 1.54) is 15.9 Å². The average molecular weight is 269 g/mol. The smallest absolute Gasteiger partial charge is 0.292 e. The first-order valence-corrected chi connectivity index (χ1v) is 6.74. The van der Waals surface area contributed by atoms with E-state index in [1.54, 1.807) is 12.1 Å². The maximum absolute atomic E-state index is 12.2. The molecule has 94 valence electrons. The number of thiazole rings is 1. The van der Waals surface area contributed by atoms with Crippen molar-refractivity contribution in [2.24, 2.45) is 0 Å². The molecule has 0 bridgehead atoms. The summed E-state index contributed by atoms with van der Waals surface area (Å²) in [6.45, 7) is 0.0901. The molecule has 0 aliphatic carbocycles. The van der Waals surface area contributed by atoms with Crippen LogP contribution in [0, 0.1) is 0 Å². The maximum Gasteiger partial charge on any atom is 0.308 e. The standard InChI is InChI=1S/C15H11NO2S/c17-13(11-6-2-1-3-7-11)10-16-12-8-4-5-9-14(12)19-15(16)18/h1-9H,10H2. The minimum absolute atomic E-state index is 0.0498. The molecule has 3 nitrogen and oxygen atoms in total. The van der Waals surface area contributed by atoms with Crippen LogP contribution in [0.3, 0.4) is 0 Å². The number of rotatable bonds is 3. The van der Waals surface area contributed by atoms with E-state index in [0.717, 1.165) is 10.2 Å². The molecule has 0 radical (unpaired) electrons. The van der Waals surface area contributed by atoms with Gasteiger partial charge in [-0.25, -0.2) is 0 Å². The van der Waals surface area contributed by atoms with E-state index in [0.29, 0.717) is 5.56 Å². The zero-order valence-corrected chi connectivity index (χ0v) is 10.9. The minimum atomic E-state index is -0.0921. The number of carbonyl (C=O) groups is 1. The van der Waals surface area contributed by atoms with Gasteiger partial charge in [0.05, 0.1) is 16.8 Å². The number of aromatic nitrogens is 1. The fourth-order valence-electron chi connectivity index (χ4n) is 2.02. The van der Waals surface area contributed by atoms with Gasteiger partial charge in [0.25, 0.3) is 0 Å². The molecule has 1 aromatic heterocycles. The monoisotopic (exact) mass is 269 g/mol. The molecule has 1 heterocycles. The van der Waals surface area contributed by atoms with Crippen LogP contribution in [0.15, 0.2) is 59.4 Å². The quantitative estimate of drug-likeness (QED) is 0.686. The van der Waals surface area contributed by atoms with Crippen molar-refractivity contribution in [3.8, 4) is 0 Å². The van der Waals surface area contributed by atoms with E-state index in [-0.39, 0.29) is 17.2 Å². The average Bonchev–Trinajstić information content (AvgIpc) is 2.76. The first-order valence-electron chi connectivity index (χ1n) is 5.92. The van der Waals surface area contributed by atoms with E-state index in [1.807, 2.05) is 42.5 Å². The summed E-state index contributed by atoms with van der Waals surface area (Å²) in [6.07, 6.45) is 0. The molecule has 0 spiro atoms. The number of ketones is 1. The summed E-state index contributed by atoms with van der Waals surface area (Å²) in [5.41, 5.74) is 1.45. The molecular weight excluding hydrogens is 258 g/mol. The molecule has 3 rings (SSSR count). The van der Waals surface area contributed by atoms with Gasteiger partial charge in [0.15, 0.2) is 5.78 Å². The van der Waals surface area contributed by atoms with Crippen molar-refractivity contribution >= 4 is 27.3 Å². The third kappa shape index (κ3) is 2.22. The maximum atomic E-state index is 12.2. The van der Waals surface area contributed by atoms with Crippen molar-refractivity contribution in [1.82, 2.24) is 4.57 Å². The first-order chi connectivity index (χ1) is 9.25. The van der Waals surface area contributed by atoms with Crippen LogP contribution >= 0.6 is 11.3 Å². The van der Waals surface area contributed by atoms with Crippen LogP contribution < -0.4 is 4.87 Å². The Hall–Kier alpha value is -2.20.